The largest absolute Gasteiger partial charge is 0.392 e. The molecule has 0 saturated heterocycles. The van der Waals surface area contributed by atoms with Crippen LogP contribution in [-0.2, 0) is 6.61 Å². The minimum absolute atomic E-state index is 0.0388. The minimum Gasteiger partial charge on any atom is -0.392 e. The van der Waals surface area contributed by atoms with Crippen LogP contribution < -0.4 is 5.73 Å². The quantitative estimate of drug-likeness (QED) is 0.645. The Hall–Kier alpha value is -0.500. The van der Waals surface area contributed by atoms with Gasteiger partial charge in [-0.1, -0.05) is 0 Å². The summed E-state index contributed by atoms with van der Waals surface area (Å²) in [4.78, 5) is 3.76. The fourth-order valence-electron chi connectivity index (χ4n) is 0.930. The molecule has 0 bridgehead atoms. The van der Waals surface area contributed by atoms with Crippen molar-refractivity contribution in [1.82, 2.24) is 4.98 Å². The zero-order valence-electron chi connectivity index (χ0n) is 6.47. The molecule has 0 atom stereocenters. The Kier molecular flexibility index (Phi) is 3.37. The molecule has 3 nitrogen and oxygen atoms in total. The van der Waals surface area contributed by atoms with Gasteiger partial charge in [0.05, 0.1) is 6.61 Å². The molecule has 0 amide bonds. The first kappa shape index (κ1) is 10.6. The lowest BCUT2D eigenvalue weighted by atomic mass is 10.1. The summed E-state index contributed by atoms with van der Waals surface area (Å²) in [5.41, 5.74) is 5.18. The van der Waals surface area contributed by atoms with Crippen molar-refractivity contribution in [3.63, 3.8) is 0 Å². The molecule has 3 N–H and O–H groups in total. The summed E-state index contributed by atoms with van der Waals surface area (Å²) in [6.07, 6.45) is -2.64. The lowest BCUT2D eigenvalue weighted by Crippen LogP contribution is -2.03. The number of aromatic nitrogens is 1. The number of hydrogen-bond donors (Lipinski definition) is 2. The van der Waals surface area contributed by atoms with Gasteiger partial charge in [0, 0.05) is 11.1 Å². The molecule has 1 heterocycles. The van der Waals surface area contributed by atoms with E-state index in [-0.39, 0.29) is 16.9 Å². The first-order chi connectivity index (χ1) is 6.06. The third-order valence-electron chi connectivity index (χ3n) is 1.52. The maximum atomic E-state index is 12.4. The molecule has 1 aromatic heterocycles. The van der Waals surface area contributed by atoms with Crippen LogP contribution in [-0.4, -0.2) is 10.1 Å². The zero-order chi connectivity index (χ0) is 10.0. The zero-order valence-corrected chi connectivity index (χ0v) is 8.62. The molecule has 0 spiro atoms. The predicted molar refractivity (Wildman–Crippen MR) is 52.2 cm³/mol. The van der Waals surface area contributed by atoms with Gasteiger partial charge in [0.2, 0.25) is 0 Å². The molecule has 0 radical (unpaired) electrons. The monoisotopic (exact) mass is 300 g/mol. The van der Waals surface area contributed by atoms with Crippen molar-refractivity contribution in [2.24, 2.45) is 0 Å². The number of hydrogen-bond acceptors (Lipinski definition) is 3. The molecule has 0 saturated carbocycles. The number of alkyl halides is 2. The van der Waals surface area contributed by atoms with Gasteiger partial charge in [-0.05, 0) is 28.7 Å². The highest BCUT2D eigenvalue weighted by Crippen LogP contribution is 2.27. The third-order valence-corrected chi connectivity index (χ3v) is 2.41. The van der Waals surface area contributed by atoms with E-state index in [0.717, 1.165) is 6.07 Å². The first-order valence-electron chi connectivity index (χ1n) is 3.40. The molecule has 1 rings (SSSR count). The van der Waals surface area contributed by atoms with Crippen LogP contribution >= 0.6 is 22.6 Å². The number of pyridine rings is 1. The van der Waals surface area contributed by atoms with E-state index < -0.39 is 13.0 Å². The first-order valence-corrected chi connectivity index (χ1v) is 4.48. The molecule has 0 aliphatic carbocycles. The Bertz CT molecular complexity index is 320. The van der Waals surface area contributed by atoms with Crippen LogP contribution in [0.25, 0.3) is 0 Å². The van der Waals surface area contributed by atoms with Crippen molar-refractivity contribution >= 4 is 28.4 Å². The molecule has 0 aliphatic heterocycles. The summed E-state index contributed by atoms with van der Waals surface area (Å²) in [7, 11) is 0. The van der Waals surface area contributed by atoms with Gasteiger partial charge in [0.25, 0.3) is 6.43 Å². The molecular formula is C7H7F2IN2O. The summed E-state index contributed by atoms with van der Waals surface area (Å²) in [6, 6.07) is 1.08. The van der Waals surface area contributed by atoms with E-state index in [1.807, 2.05) is 0 Å². The van der Waals surface area contributed by atoms with E-state index in [0.29, 0.717) is 3.70 Å². The molecule has 72 valence electrons. The Morgan fingerprint density at radius 1 is 1.62 bits per heavy atom. The fraction of sp³-hybridized carbons (Fsp3) is 0.286. The standard InChI is InChI=1S/C7H7F2IN2O/c8-6(9)3-1-5(11)12-7(10)4(3)2-13/h1,6,13H,2H2,(H2,11,12). The number of rotatable bonds is 2. The molecule has 13 heavy (non-hydrogen) atoms. The minimum atomic E-state index is -2.64. The Morgan fingerprint density at radius 3 is 2.69 bits per heavy atom. The topological polar surface area (TPSA) is 59.1 Å². The number of aliphatic hydroxyl groups is 1. The van der Waals surface area contributed by atoms with Gasteiger partial charge >= 0.3 is 0 Å². The average molecular weight is 300 g/mol. The van der Waals surface area contributed by atoms with Gasteiger partial charge in [0.15, 0.2) is 0 Å². The van der Waals surface area contributed by atoms with Crippen LogP contribution in [0.1, 0.15) is 17.6 Å². The van der Waals surface area contributed by atoms with Crippen LogP contribution in [0.2, 0.25) is 0 Å². The average Bonchev–Trinajstić information content (AvgIpc) is 2.02. The van der Waals surface area contributed by atoms with Crippen LogP contribution in [0, 0.1) is 3.70 Å². The van der Waals surface area contributed by atoms with Crippen molar-refractivity contribution in [3.05, 3.63) is 20.9 Å². The SMILES string of the molecule is Nc1cc(C(F)F)c(CO)c(I)n1. The number of halogens is 3. The summed E-state index contributed by atoms with van der Waals surface area (Å²) in [5, 5.41) is 8.82. The van der Waals surface area contributed by atoms with Gasteiger partial charge in [-0.15, -0.1) is 0 Å². The lowest BCUT2D eigenvalue weighted by molar-refractivity contribution is 0.147. The third kappa shape index (κ3) is 2.25. The van der Waals surface area contributed by atoms with Crippen LogP contribution in [0.5, 0.6) is 0 Å². The second-order valence-corrected chi connectivity index (χ2v) is 3.39. The molecule has 1 aromatic rings. The number of aliphatic hydroxyl groups excluding tert-OH is 1. The summed E-state index contributed by atoms with van der Waals surface area (Å²) >= 11 is 1.76. The molecular weight excluding hydrogens is 293 g/mol. The highest BCUT2D eigenvalue weighted by Gasteiger charge is 2.16. The number of nitrogens with zero attached hydrogens (tertiary/aromatic N) is 1. The van der Waals surface area contributed by atoms with Crippen molar-refractivity contribution in [3.8, 4) is 0 Å². The Morgan fingerprint density at radius 2 is 2.23 bits per heavy atom. The molecule has 0 fully saturated rings. The van der Waals surface area contributed by atoms with Crippen molar-refractivity contribution in [1.29, 1.82) is 0 Å². The normalized spacial score (nSPS) is 10.8. The van der Waals surface area contributed by atoms with Crippen LogP contribution in [0.3, 0.4) is 0 Å². The maximum absolute atomic E-state index is 12.4. The Labute approximate surface area is 87.1 Å². The van der Waals surface area contributed by atoms with Gasteiger partial charge < -0.3 is 10.8 Å². The van der Waals surface area contributed by atoms with Gasteiger partial charge in [-0.3, -0.25) is 0 Å². The fourth-order valence-corrected chi connectivity index (χ4v) is 1.69. The van der Waals surface area contributed by atoms with Gasteiger partial charge in [0.1, 0.15) is 9.52 Å². The second kappa shape index (κ2) is 4.14. The van der Waals surface area contributed by atoms with Gasteiger partial charge in [-0.25, -0.2) is 13.8 Å². The van der Waals surface area contributed by atoms with Crippen molar-refractivity contribution in [2.75, 3.05) is 5.73 Å². The van der Waals surface area contributed by atoms with Crippen LogP contribution in [0.4, 0.5) is 14.6 Å². The predicted octanol–water partition coefficient (Wildman–Crippen LogP) is 1.70. The molecule has 6 heteroatoms. The summed E-state index contributed by atoms with van der Waals surface area (Å²) in [5.74, 6) is 0.0388. The molecule has 0 aliphatic rings. The maximum Gasteiger partial charge on any atom is 0.264 e. The smallest absolute Gasteiger partial charge is 0.264 e. The number of anilines is 1. The number of nitrogen functional groups attached to an aromatic ring is 1. The van der Waals surface area contributed by atoms with Crippen LogP contribution in [0.15, 0.2) is 6.07 Å². The second-order valence-electron chi connectivity index (χ2n) is 2.36. The number of nitrogens with two attached hydrogens (primary N) is 1. The summed E-state index contributed by atoms with van der Waals surface area (Å²) < 4.78 is 25.1. The van der Waals surface area contributed by atoms with E-state index in [2.05, 4.69) is 4.98 Å². The highest BCUT2D eigenvalue weighted by molar-refractivity contribution is 14.1. The van der Waals surface area contributed by atoms with Gasteiger partial charge in [-0.2, -0.15) is 0 Å². The molecule has 0 unspecified atom stereocenters. The van der Waals surface area contributed by atoms with E-state index >= 15 is 0 Å². The van der Waals surface area contributed by atoms with Crippen molar-refractivity contribution < 1.29 is 13.9 Å². The Balaban J connectivity index is 3.29. The highest BCUT2D eigenvalue weighted by atomic mass is 127. The lowest BCUT2D eigenvalue weighted by Gasteiger charge is -2.08. The van der Waals surface area contributed by atoms with E-state index in [1.54, 1.807) is 22.6 Å². The van der Waals surface area contributed by atoms with Crippen molar-refractivity contribution in [2.45, 2.75) is 13.0 Å². The summed E-state index contributed by atoms with van der Waals surface area (Å²) in [6.45, 7) is -0.453. The van der Waals surface area contributed by atoms with E-state index in [4.69, 9.17) is 10.8 Å². The molecule has 0 aromatic carbocycles. The van der Waals surface area contributed by atoms with E-state index in [9.17, 15) is 8.78 Å². The van der Waals surface area contributed by atoms with E-state index in [1.165, 1.54) is 0 Å².